The lowest BCUT2D eigenvalue weighted by molar-refractivity contribution is 0.122. The van der Waals surface area contributed by atoms with E-state index < -0.39 is 0 Å². The molecule has 0 radical (unpaired) electrons. The van der Waals surface area contributed by atoms with Crippen molar-refractivity contribution in [2.75, 3.05) is 43.1 Å². The molecule has 5 rings (SSSR count). The van der Waals surface area contributed by atoms with Crippen LogP contribution < -0.4 is 10.2 Å². The monoisotopic (exact) mass is 440 g/mol. The van der Waals surface area contributed by atoms with Gasteiger partial charge in [-0.3, -0.25) is 9.88 Å². The molecule has 1 fully saturated rings. The molecule has 7 heteroatoms. The van der Waals surface area contributed by atoms with Crippen LogP contribution in [0.1, 0.15) is 27.8 Å². The first-order valence-corrected chi connectivity index (χ1v) is 11.5. The zero-order chi connectivity index (χ0) is 22.5. The van der Waals surface area contributed by atoms with Gasteiger partial charge >= 0.3 is 0 Å². The number of nitrogens with one attached hydrogen (secondary N) is 1. The molecule has 3 aromatic rings. The second-order valence-electron chi connectivity index (χ2n) is 8.48. The molecule has 0 bridgehead atoms. The van der Waals surface area contributed by atoms with E-state index in [1.165, 1.54) is 11.1 Å². The molecule has 1 aromatic carbocycles. The number of pyridine rings is 2. The normalized spacial score (nSPS) is 16.2. The highest BCUT2D eigenvalue weighted by Gasteiger charge is 2.28. The average Bonchev–Trinajstić information content (AvgIpc) is 2.88. The largest absolute Gasteiger partial charge is 0.378 e. The topological polar surface area (TPSA) is 77.3 Å². The molecule has 2 aliphatic rings. The molecular formula is C26H28N6O. The predicted molar refractivity (Wildman–Crippen MR) is 128 cm³/mol. The highest BCUT2D eigenvalue weighted by atomic mass is 16.5. The van der Waals surface area contributed by atoms with E-state index in [1.807, 2.05) is 12.1 Å². The van der Waals surface area contributed by atoms with Crippen molar-refractivity contribution in [3.63, 3.8) is 0 Å². The molecule has 0 spiro atoms. The summed E-state index contributed by atoms with van der Waals surface area (Å²) in [5.74, 6) is 1.66. The van der Waals surface area contributed by atoms with E-state index in [-0.39, 0.29) is 0 Å². The number of morpholine rings is 1. The number of nitriles is 1. The van der Waals surface area contributed by atoms with Gasteiger partial charge < -0.3 is 15.0 Å². The average molecular weight is 441 g/mol. The van der Waals surface area contributed by atoms with Gasteiger partial charge in [0.15, 0.2) is 0 Å². The first kappa shape index (κ1) is 21.4. The summed E-state index contributed by atoms with van der Waals surface area (Å²) in [6, 6.07) is 17.0. The van der Waals surface area contributed by atoms with Gasteiger partial charge in [-0.1, -0.05) is 30.3 Å². The number of nitrogens with zero attached hydrogens (tertiary/aromatic N) is 5. The Morgan fingerprint density at radius 1 is 0.970 bits per heavy atom. The summed E-state index contributed by atoms with van der Waals surface area (Å²) < 4.78 is 5.59. The number of benzene rings is 1. The van der Waals surface area contributed by atoms with Gasteiger partial charge in [0.05, 0.1) is 18.8 Å². The third kappa shape index (κ3) is 4.82. The SMILES string of the molecule is N#Cc1c(NCc2ccncc2)nc(N2CCOCC2)c2c1CCN(Cc1ccccc1)C2. The van der Waals surface area contributed by atoms with Crippen LogP contribution in [0.4, 0.5) is 11.6 Å². The predicted octanol–water partition coefficient (Wildman–Crippen LogP) is 3.36. The third-order valence-corrected chi connectivity index (χ3v) is 6.33. The van der Waals surface area contributed by atoms with Crippen molar-refractivity contribution in [2.45, 2.75) is 26.1 Å². The lowest BCUT2D eigenvalue weighted by Gasteiger charge is -2.35. The van der Waals surface area contributed by atoms with Crippen LogP contribution in [-0.4, -0.2) is 47.7 Å². The lowest BCUT2D eigenvalue weighted by atomic mass is 9.94. The van der Waals surface area contributed by atoms with E-state index in [1.54, 1.807) is 12.4 Å². The van der Waals surface area contributed by atoms with Crippen LogP contribution in [-0.2, 0) is 30.8 Å². The zero-order valence-corrected chi connectivity index (χ0v) is 18.7. The van der Waals surface area contributed by atoms with Crippen molar-refractivity contribution in [2.24, 2.45) is 0 Å². The number of ether oxygens (including phenoxy) is 1. The fourth-order valence-corrected chi connectivity index (χ4v) is 4.62. The minimum absolute atomic E-state index is 0.603. The molecule has 4 heterocycles. The van der Waals surface area contributed by atoms with E-state index in [9.17, 15) is 5.26 Å². The Bertz CT molecular complexity index is 1120. The molecule has 2 aliphatic heterocycles. The summed E-state index contributed by atoms with van der Waals surface area (Å²) in [5.41, 5.74) is 5.41. The minimum Gasteiger partial charge on any atom is -0.378 e. The third-order valence-electron chi connectivity index (χ3n) is 6.33. The molecule has 7 nitrogen and oxygen atoms in total. The molecule has 2 aromatic heterocycles. The molecule has 0 unspecified atom stereocenters. The van der Waals surface area contributed by atoms with Crippen molar-refractivity contribution < 1.29 is 4.74 Å². The van der Waals surface area contributed by atoms with E-state index >= 15 is 0 Å². The van der Waals surface area contributed by atoms with Crippen LogP contribution in [0.15, 0.2) is 54.9 Å². The Morgan fingerprint density at radius 2 is 1.76 bits per heavy atom. The summed E-state index contributed by atoms with van der Waals surface area (Å²) in [4.78, 5) is 13.9. The van der Waals surface area contributed by atoms with E-state index in [0.29, 0.717) is 31.1 Å². The van der Waals surface area contributed by atoms with Crippen molar-refractivity contribution >= 4 is 11.6 Å². The first-order valence-electron chi connectivity index (χ1n) is 11.5. The molecular weight excluding hydrogens is 412 g/mol. The molecule has 0 aliphatic carbocycles. The van der Waals surface area contributed by atoms with E-state index in [0.717, 1.165) is 56.1 Å². The smallest absolute Gasteiger partial charge is 0.146 e. The van der Waals surface area contributed by atoms with Gasteiger partial charge in [-0.15, -0.1) is 0 Å². The van der Waals surface area contributed by atoms with Gasteiger partial charge in [0.25, 0.3) is 0 Å². The van der Waals surface area contributed by atoms with Gasteiger partial charge in [0.2, 0.25) is 0 Å². The van der Waals surface area contributed by atoms with Crippen LogP contribution >= 0.6 is 0 Å². The van der Waals surface area contributed by atoms with Crippen LogP contribution in [0.5, 0.6) is 0 Å². The van der Waals surface area contributed by atoms with Crippen molar-refractivity contribution in [3.05, 3.63) is 82.7 Å². The maximum Gasteiger partial charge on any atom is 0.146 e. The summed E-state index contributed by atoms with van der Waals surface area (Å²) in [7, 11) is 0. The molecule has 33 heavy (non-hydrogen) atoms. The number of anilines is 2. The summed E-state index contributed by atoms with van der Waals surface area (Å²) >= 11 is 0. The Hall–Kier alpha value is -3.47. The Balaban J connectivity index is 1.48. The van der Waals surface area contributed by atoms with E-state index in [4.69, 9.17) is 9.72 Å². The maximum atomic E-state index is 10.1. The molecule has 168 valence electrons. The second kappa shape index (κ2) is 9.99. The van der Waals surface area contributed by atoms with E-state index in [2.05, 4.69) is 56.5 Å². The fraction of sp³-hybridized carbons (Fsp3) is 0.346. The maximum absolute atomic E-state index is 10.1. The number of hydrogen-bond acceptors (Lipinski definition) is 7. The standard InChI is InChI=1S/C26H28N6O/c27-16-23-22-8-11-31(18-21-4-2-1-3-5-21)19-24(22)26(32-12-14-33-15-13-32)30-25(23)29-17-20-6-9-28-10-7-20/h1-7,9-10H,8,11-15,17-19H2,(H,29,30). The van der Waals surface area contributed by atoms with Crippen molar-refractivity contribution in [3.8, 4) is 6.07 Å². The molecule has 0 amide bonds. The van der Waals surface area contributed by atoms with Gasteiger partial charge in [0, 0.05) is 57.2 Å². The summed E-state index contributed by atoms with van der Waals surface area (Å²) in [6.45, 7) is 6.24. The van der Waals surface area contributed by atoms with Crippen molar-refractivity contribution in [1.29, 1.82) is 5.26 Å². The number of fused-ring (bicyclic) bond motifs is 1. The van der Waals surface area contributed by atoms with Gasteiger partial charge in [-0.25, -0.2) is 4.98 Å². The van der Waals surface area contributed by atoms with Crippen LogP contribution in [0.25, 0.3) is 0 Å². The Kier molecular flexibility index (Phi) is 6.47. The second-order valence-corrected chi connectivity index (χ2v) is 8.48. The highest BCUT2D eigenvalue weighted by molar-refractivity contribution is 5.67. The summed E-state index contributed by atoms with van der Waals surface area (Å²) in [6.07, 6.45) is 4.40. The van der Waals surface area contributed by atoms with Crippen molar-refractivity contribution in [1.82, 2.24) is 14.9 Å². The number of aromatic nitrogens is 2. The number of hydrogen-bond donors (Lipinski definition) is 1. The van der Waals surface area contributed by atoms with Gasteiger partial charge in [-0.2, -0.15) is 5.26 Å². The van der Waals surface area contributed by atoms with Crippen LogP contribution in [0, 0.1) is 11.3 Å². The zero-order valence-electron chi connectivity index (χ0n) is 18.7. The molecule has 0 atom stereocenters. The fourth-order valence-electron chi connectivity index (χ4n) is 4.62. The number of rotatable bonds is 6. The van der Waals surface area contributed by atoms with Crippen LogP contribution in [0.2, 0.25) is 0 Å². The molecule has 1 N–H and O–H groups in total. The minimum atomic E-state index is 0.603. The Morgan fingerprint density at radius 3 is 2.52 bits per heavy atom. The van der Waals surface area contributed by atoms with Gasteiger partial charge in [0.1, 0.15) is 17.7 Å². The molecule has 0 saturated carbocycles. The summed E-state index contributed by atoms with van der Waals surface area (Å²) in [5, 5.41) is 13.5. The van der Waals surface area contributed by atoms with Gasteiger partial charge in [-0.05, 0) is 35.2 Å². The van der Waals surface area contributed by atoms with Crippen LogP contribution in [0.3, 0.4) is 0 Å². The first-order chi connectivity index (χ1) is 16.3. The lowest BCUT2D eigenvalue weighted by Crippen LogP contribution is -2.39. The highest BCUT2D eigenvalue weighted by Crippen LogP contribution is 2.34. The Labute approximate surface area is 194 Å². The quantitative estimate of drug-likeness (QED) is 0.630. The molecule has 1 saturated heterocycles.